The molecule has 14 heavy (non-hydrogen) atoms. The van der Waals surface area contributed by atoms with E-state index in [0.29, 0.717) is 36.2 Å². The van der Waals surface area contributed by atoms with Gasteiger partial charge in [-0.3, -0.25) is 0 Å². The molecule has 0 saturated carbocycles. The molecule has 0 aliphatic carbocycles. The summed E-state index contributed by atoms with van der Waals surface area (Å²) in [5.74, 6) is 2.66. The third-order valence-corrected chi connectivity index (χ3v) is 2.04. The summed E-state index contributed by atoms with van der Waals surface area (Å²) in [5, 5.41) is 0. The molecule has 0 fully saturated rings. The van der Waals surface area contributed by atoms with Gasteiger partial charge in [-0.15, -0.1) is 0 Å². The van der Waals surface area contributed by atoms with Gasteiger partial charge in [0, 0.05) is 12.1 Å². The summed E-state index contributed by atoms with van der Waals surface area (Å²) >= 11 is 0. The minimum absolute atomic E-state index is 0.551. The minimum atomic E-state index is 0.551. The molecule has 1 heterocycles. The predicted molar refractivity (Wildman–Crippen MR) is 50.5 cm³/mol. The third kappa shape index (κ3) is 1.43. The van der Waals surface area contributed by atoms with Crippen molar-refractivity contribution in [1.29, 1.82) is 0 Å². The quantitative estimate of drug-likeness (QED) is 0.717. The number of hydrogen-bond donors (Lipinski definition) is 0. The summed E-state index contributed by atoms with van der Waals surface area (Å²) in [7, 11) is 3.19. The standard InChI is InChI=1S/C10H12O4/c1-11-7-5-8(12-2)10-9(6-7)13-3-4-14-10/h5-6H,3-4H2,1-2H3. The van der Waals surface area contributed by atoms with Crippen molar-refractivity contribution in [1.82, 2.24) is 0 Å². The van der Waals surface area contributed by atoms with Crippen LogP contribution in [0.3, 0.4) is 0 Å². The molecule has 4 heteroatoms. The largest absolute Gasteiger partial charge is 0.496 e. The number of ether oxygens (including phenoxy) is 4. The molecule has 0 amide bonds. The van der Waals surface area contributed by atoms with Crippen molar-refractivity contribution in [3.8, 4) is 23.0 Å². The summed E-state index contributed by atoms with van der Waals surface area (Å²) < 4.78 is 21.1. The molecule has 76 valence electrons. The molecule has 0 aromatic heterocycles. The molecule has 1 aliphatic heterocycles. The Kier molecular flexibility index (Phi) is 2.35. The Morgan fingerprint density at radius 2 is 1.86 bits per heavy atom. The van der Waals surface area contributed by atoms with E-state index in [0.717, 1.165) is 0 Å². The highest BCUT2D eigenvalue weighted by Gasteiger charge is 2.18. The molecule has 0 bridgehead atoms. The molecule has 0 unspecified atom stereocenters. The van der Waals surface area contributed by atoms with Crippen LogP contribution in [0.2, 0.25) is 0 Å². The van der Waals surface area contributed by atoms with E-state index >= 15 is 0 Å². The van der Waals surface area contributed by atoms with Crippen LogP contribution >= 0.6 is 0 Å². The lowest BCUT2D eigenvalue weighted by Gasteiger charge is -2.20. The average molecular weight is 196 g/mol. The molecule has 2 rings (SSSR count). The maximum absolute atomic E-state index is 5.44. The van der Waals surface area contributed by atoms with Crippen molar-refractivity contribution in [3.05, 3.63) is 12.1 Å². The maximum Gasteiger partial charge on any atom is 0.203 e. The van der Waals surface area contributed by atoms with Crippen LogP contribution in [0.25, 0.3) is 0 Å². The summed E-state index contributed by atoms with van der Waals surface area (Å²) in [5.41, 5.74) is 0. The summed E-state index contributed by atoms with van der Waals surface area (Å²) in [4.78, 5) is 0. The lowest BCUT2D eigenvalue weighted by Crippen LogP contribution is -2.16. The molecule has 4 nitrogen and oxygen atoms in total. The van der Waals surface area contributed by atoms with Gasteiger partial charge in [0.2, 0.25) is 5.75 Å². The van der Waals surface area contributed by atoms with Gasteiger partial charge in [0.25, 0.3) is 0 Å². The second-order valence-electron chi connectivity index (χ2n) is 2.85. The smallest absolute Gasteiger partial charge is 0.203 e. The first kappa shape index (κ1) is 8.99. The fourth-order valence-corrected chi connectivity index (χ4v) is 1.37. The van der Waals surface area contributed by atoms with Crippen molar-refractivity contribution in [2.45, 2.75) is 0 Å². The Hall–Kier alpha value is -1.58. The topological polar surface area (TPSA) is 36.9 Å². The minimum Gasteiger partial charge on any atom is -0.496 e. The second kappa shape index (κ2) is 3.65. The van der Waals surface area contributed by atoms with E-state index in [1.807, 2.05) is 0 Å². The first-order valence-electron chi connectivity index (χ1n) is 4.37. The first-order valence-corrected chi connectivity index (χ1v) is 4.37. The van der Waals surface area contributed by atoms with Crippen molar-refractivity contribution in [2.24, 2.45) is 0 Å². The molecule has 1 aromatic rings. The van der Waals surface area contributed by atoms with Gasteiger partial charge in [-0.05, 0) is 0 Å². The zero-order valence-electron chi connectivity index (χ0n) is 8.20. The SMILES string of the molecule is COc1cc(OC)c2c(c1)OCCO2. The Morgan fingerprint density at radius 3 is 2.57 bits per heavy atom. The van der Waals surface area contributed by atoms with Gasteiger partial charge in [0.1, 0.15) is 19.0 Å². The van der Waals surface area contributed by atoms with Crippen LogP contribution in [0, 0.1) is 0 Å². The maximum atomic E-state index is 5.44. The molecule has 0 atom stereocenters. The Labute approximate surface area is 82.3 Å². The first-order chi connectivity index (χ1) is 6.85. The van der Waals surface area contributed by atoms with E-state index in [-0.39, 0.29) is 0 Å². The Bertz CT molecular complexity index is 318. The number of benzene rings is 1. The number of methoxy groups -OCH3 is 2. The Morgan fingerprint density at radius 1 is 1.07 bits per heavy atom. The highest BCUT2D eigenvalue weighted by Crippen LogP contribution is 2.42. The van der Waals surface area contributed by atoms with E-state index in [1.165, 1.54) is 0 Å². The molecule has 0 radical (unpaired) electrons. The van der Waals surface area contributed by atoms with Crippen LogP contribution in [0.4, 0.5) is 0 Å². The lowest BCUT2D eigenvalue weighted by molar-refractivity contribution is 0.164. The van der Waals surface area contributed by atoms with Crippen LogP contribution in [0.5, 0.6) is 23.0 Å². The predicted octanol–water partition coefficient (Wildman–Crippen LogP) is 1.47. The van der Waals surface area contributed by atoms with Crippen LogP contribution in [0.15, 0.2) is 12.1 Å². The van der Waals surface area contributed by atoms with Gasteiger partial charge in [-0.2, -0.15) is 0 Å². The van der Waals surface area contributed by atoms with Gasteiger partial charge >= 0.3 is 0 Å². The molecular weight excluding hydrogens is 184 g/mol. The molecule has 1 aliphatic rings. The second-order valence-corrected chi connectivity index (χ2v) is 2.85. The highest BCUT2D eigenvalue weighted by atomic mass is 16.6. The van der Waals surface area contributed by atoms with Gasteiger partial charge in [0.15, 0.2) is 11.5 Å². The van der Waals surface area contributed by atoms with Gasteiger partial charge < -0.3 is 18.9 Å². The molecule has 1 aromatic carbocycles. The van der Waals surface area contributed by atoms with Crippen molar-refractivity contribution >= 4 is 0 Å². The zero-order chi connectivity index (χ0) is 9.97. The summed E-state index contributed by atoms with van der Waals surface area (Å²) in [6, 6.07) is 3.56. The van der Waals surface area contributed by atoms with E-state index in [9.17, 15) is 0 Å². The number of hydrogen-bond acceptors (Lipinski definition) is 4. The zero-order valence-corrected chi connectivity index (χ0v) is 8.20. The fraction of sp³-hybridized carbons (Fsp3) is 0.400. The molecular formula is C10H12O4. The molecule has 0 spiro atoms. The monoisotopic (exact) mass is 196 g/mol. The molecule has 0 N–H and O–H groups in total. The Balaban J connectivity index is 2.47. The lowest BCUT2D eigenvalue weighted by atomic mass is 10.2. The van der Waals surface area contributed by atoms with Crippen LogP contribution < -0.4 is 18.9 Å². The van der Waals surface area contributed by atoms with E-state index in [4.69, 9.17) is 18.9 Å². The van der Waals surface area contributed by atoms with E-state index in [1.54, 1.807) is 26.4 Å². The van der Waals surface area contributed by atoms with E-state index < -0.39 is 0 Å². The summed E-state index contributed by atoms with van der Waals surface area (Å²) in [6.45, 7) is 1.11. The van der Waals surface area contributed by atoms with Crippen LogP contribution in [-0.2, 0) is 0 Å². The van der Waals surface area contributed by atoms with Crippen molar-refractivity contribution < 1.29 is 18.9 Å². The number of fused-ring (bicyclic) bond motifs is 1. The average Bonchev–Trinajstić information content (AvgIpc) is 2.27. The highest BCUT2D eigenvalue weighted by molar-refractivity contribution is 5.56. The fourth-order valence-electron chi connectivity index (χ4n) is 1.37. The van der Waals surface area contributed by atoms with Crippen LogP contribution in [-0.4, -0.2) is 27.4 Å². The molecule has 0 saturated heterocycles. The third-order valence-electron chi connectivity index (χ3n) is 2.04. The van der Waals surface area contributed by atoms with Crippen molar-refractivity contribution in [3.63, 3.8) is 0 Å². The summed E-state index contributed by atoms with van der Waals surface area (Å²) in [6.07, 6.45) is 0. The van der Waals surface area contributed by atoms with Crippen LogP contribution in [0.1, 0.15) is 0 Å². The van der Waals surface area contributed by atoms with Gasteiger partial charge in [-0.25, -0.2) is 0 Å². The van der Waals surface area contributed by atoms with Gasteiger partial charge in [0.05, 0.1) is 14.2 Å². The number of rotatable bonds is 2. The van der Waals surface area contributed by atoms with Crippen molar-refractivity contribution in [2.75, 3.05) is 27.4 Å². The normalized spacial score (nSPS) is 13.6. The van der Waals surface area contributed by atoms with E-state index in [2.05, 4.69) is 0 Å². The van der Waals surface area contributed by atoms with Gasteiger partial charge in [-0.1, -0.05) is 0 Å².